The zero-order valence-corrected chi connectivity index (χ0v) is 18.3. The van der Waals surface area contributed by atoms with Crippen LogP contribution >= 0.6 is 0 Å². The van der Waals surface area contributed by atoms with E-state index in [0.29, 0.717) is 18.9 Å². The fourth-order valence-electron chi connectivity index (χ4n) is 4.63. The summed E-state index contributed by atoms with van der Waals surface area (Å²) in [5.74, 6) is -1.22. The second-order valence-corrected chi connectivity index (χ2v) is 8.32. The highest BCUT2D eigenvalue weighted by molar-refractivity contribution is 5.89. The molecule has 1 unspecified atom stereocenters. The topological polar surface area (TPSA) is 127 Å². The van der Waals surface area contributed by atoms with E-state index in [4.69, 9.17) is 4.74 Å². The first-order valence-electron chi connectivity index (χ1n) is 11.0. The van der Waals surface area contributed by atoms with Gasteiger partial charge in [-0.05, 0) is 22.3 Å². The summed E-state index contributed by atoms with van der Waals surface area (Å²) >= 11 is 0. The number of hydrogen-bond donors (Lipinski definition) is 2. The van der Waals surface area contributed by atoms with Gasteiger partial charge in [0.1, 0.15) is 19.0 Å². The molecule has 2 aromatic carbocycles. The molecule has 2 N–H and O–H groups in total. The van der Waals surface area contributed by atoms with Crippen LogP contribution < -0.4 is 5.32 Å². The summed E-state index contributed by atoms with van der Waals surface area (Å²) in [6.45, 7) is 1.13. The Morgan fingerprint density at radius 3 is 2.41 bits per heavy atom. The summed E-state index contributed by atoms with van der Waals surface area (Å²) in [7, 11) is 0. The number of aromatic nitrogens is 3. The van der Waals surface area contributed by atoms with E-state index in [2.05, 4.69) is 15.5 Å². The molecule has 10 nitrogen and oxygen atoms in total. The number of carbonyl (C=O) groups excluding carboxylic acids is 2. The molecular weight excluding hydrogens is 438 g/mol. The Bertz CT molecular complexity index is 1210. The summed E-state index contributed by atoms with van der Waals surface area (Å²) in [6, 6.07) is 14.7. The van der Waals surface area contributed by atoms with Crippen LogP contribution in [0, 0.1) is 0 Å². The first kappa shape index (κ1) is 21.6. The summed E-state index contributed by atoms with van der Waals surface area (Å²) in [4.78, 5) is 38.5. The molecule has 0 bridgehead atoms. The zero-order chi connectivity index (χ0) is 23.7. The van der Waals surface area contributed by atoms with Crippen molar-refractivity contribution < 1.29 is 24.2 Å². The number of aliphatic carboxylic acids is 1. The fourth-order valence-corrected chi connectivity index (χ4v) is 4.63. The number of rotatable bonds is 6. The van der Waals surface area contributed by atoms with Crippen LogP contribution in [0.2, 0.25) is 0 Å². The minimum Gasteiger partial charge on any atom is -0.481 e. The predicted molar refractivity (Wildman–Crippen MR) is 120 cm³/mol. The van der Waals surface area contributed by atoms with Crippen LogP contribution in [0.3, 0.4) is 0 Å². The largest absolute Gasteiger partial charge is 0.481 e. The standard InChI is InChI=1S/C24H23N5O5/c30-22(31)11-20(23(32)28-9-10-29-14-25-27-21(29)12-28)26-24(33)34-13-19-17-7-3-1-5-15(17)16-6-2-4-8-18(16)19/h1-8,14,19-20H,9-13H2,(H,26,33)(H,30,31). The van der Waals surface area contributed by atoms with Crippen LogP contribution in [-0.2, 0) is 27.4 Å². The lowest BCUT2D eigenvalue weighted by molar-refractivity contribution is -0.143. The molecule has 1 aliphatic heterocycles. The molecule has 1 aliphatic carbocycles. The number of alkyl carbamates (subject to hydrolysis) is 1. The van der Waals surface area contributed by atoms with E-state index in [0.717, 1.165) is 22.3 Å². The third-order valence-electron chi connectivity index (χ3n) is 6.26. The van der Waals surface area contributed by atoms with Crippen LogP contribution in [0.1, 0.15) is 29.3 Å². The third-order valence-corrected chi connectivity index (χ3v) is 6.26. The number of ether oxygens (including phenoxy) is 1. The van der Waals surface area contributed by atoms with Crippen LogP contribution in [0.4, 0.5) is 4.79 Å². The molecule has 0 radical (unpaired) electrons. The smallest absolute Gasteiger partial charge is 0.407 e. The van der Waals surface area contributed by atoms with Crippen molar-refractivity contribution in [3.8, 4) is 11.1 Å². The van der Waals surface area contributed by atoms with E-state index in [-0.39, 0.29) is 19.1 Å². The number of nitrogens with zero attached hydrogens (tertiary/aromatic N) is 4. The molecule has 10 heteroatoms. The number of benzene rings is 2. The van der Waals surface area contributed by atoms with Crippen LogP contribution in [0.5, 0.6) is 0 Å². The molecule has 3 aromatic rings. The summed E-state index contributed by atoms with van der Waals surface area (Å²) in [5, 5.41) is 19.6. The number of fused-ring (bicyclic) bond motifs is 4. The van der Waals surface area contributed by atoms with Crippen molar-refractivity contribution in [1.29, 1.82) is 0 Å². The highest BCUT2D eigenvalue weighted by atomic mass is 16.5. The Balaban J connectivity index is 1.26. The molecule has 0 saturated heterocycles. The minimum atomic E-state index is -1.25. The van der Waals surface area contributed by atoms with Gasteiger partial charge in [0.15, 0.2) is 5.82 Å². The molecular formula is C24H23N5O5. The quantitative estimate of drug-likeness (QED) is 0.575. The van der Waals surface area contributed by atoms with Gasteiger partial charge in [0, 0.05) is 19.0 Å². The third kappa shape index (κ3) is 4.09. The van der Waals surface area contributed by atoms with Gasteiger partial charge in [-0.2, -0.15) is 0 Å². The van der Waals surface area contributed by atoms with Crippen LogP contribution in [0.15, 0.2) is 54.9 Å². The Kier molecular flexibility index (Phi) is 5.70. The van der Waals surface area contributed by atoms with E-state index in [1.807, 2.05) is 53.1 Å². The van der Waals surface area contributed by atoms with Crippen molar-refractivity contribution in [2.75, 3.05) is 13.2 Å². The Morgan fingerprint density at radius 1 is 1.06 bits per heavy atom. The van der Waals surface area contributed by atoms with E-state index < -0.39 is 30.4 Å². The predicted octanol–water partition coefficient (Wildman–Crippen LogP) is 2.00. The molecule has 174 valence electrons. The molecule has 2 heterocycles. The van der Waals surface area contributed by atoms with E-state index in [9.17, 15) is 19.5 Å². The van der Waals surface area contributed by atoms with Gasteiger partial charge in [-0.25, -0.2) is 4.79 Å². The summed E-state index contributed by atoms with van der Waals surface area (Å²) in [6.07, 6.45) is 0.203. The molecule has 5 rings (SSSR count). The highest BCUT2D eigenvalue weighted by Gasteiger charge is 2.33. The van der Waals surface area contributed by atoms with Gasteiger partial charge in [-0.1, -0.05) is 48.5 Å². The van der Waals surface area contributed by atoms with Crippen LogP contribution in [0.25, 0.3) is 11.1 Å². The van der Waals surface area contributed by atoms with Gasteiger partial charge in [-0.15, -0.1) is 10.2 Å². The number of carboxylic acids is 1. The molecule has 2 amide bonds. The minimum absolute atomic E-state index is 0.0701. The maximum Gasteiger partial charge on any atom is 0.407 e. The second kappa shape index (κ2) is 8.97. The van der Waals surface area contributed by atoms with Gasteiger partial charge >= 0.3 is 12.1 Å². The lowest BCUT2D eigenvalue weighted by Crippen LogP contribution is -2.51. The van der Waals surface area contributed by atoms with Gasteiger partial charge in [0.2, 0.25) is 5.91 Å². The lowest BCUT2D eigenvalue weighted by atomic mass is 9.98. The van der Waals surface area contributed by atoms with Crippen LogP contribution in [-0.4, -0.2) is 61.9 Å². The van der Waals surface area contributed by atoms with Gasteiger partial charge in [0.05, 0.1) is 13.0 Å². The summed E-state index contributed by atoms with van der Waals surface area (Å²) in [5.41, 5.74) is 4.33. The highest BCUT2D eigenvalue weighted by Crippen LogP contribution is 2.44. The molecule has 0 spiro atoms. The van der Waals surface area contributed by atoms with Crippen molar-refractivity contribution in [3.63, 3.8) is 0 Å². The molecule has 0 fully saturated rings. The molecule has 1 aromatic heterocycles. The Hall–Kier alpha value is -4.21. The van der Waals surface area contributed by atoms with Crippen molar-refractivity contribution in [3.05, 3.63) is 71.8 Å². The van der Waals surface area contributed by atoms with Gasteiger partial charge in [-0.3, -0.25) is 9.59 Å². The monoisotopic (exact) mass is 461 g/mol. The van der Waals surface area contributed by atoms with Gasteiger partial charge < -0.3 is 24.6 Å². The molecule has 1 atom stereocenters. The van der Waals surface area contributed by atoms with Crippen molar-refractivity contribution in [2.24, 2.45) is 0 Å². The van der Waals surface area contributed by atoms with Crippen molar-refractivity contribution in [2.45, 2.75) is 31.5 Å². The Morgan fingerprint density at radius 2 is 1.74 bits per heavy atom. The Labute approximate surface area is 195 Å². The average molecular weight is 461 g/mol. The fraction of sp³-hybridized carbons (Fsp3) is 0.292. The number of amides is 2. The van der Waals surface area contributed by atoms with Crippen molar-refractivity contribution in [1.82, 2.24) is 25.0 Å². The number of carboxylic acid groups (broad SMARTS) is 1. The summed E-state index contributed by atoms with van der Waals surface area (Å²) < 4.78 is 7.32. The second-order valence-electron chi connectivity index (χ2n) is 8.32. The normalized spacial score (nSPS) is 15.1. The molecule has 2 aliphatic rings. The number of hydrogen-bond acceptors (Lipinski definition) is 6. The maximum absolute atomic E-state index is 13.0. The number of nitrogens with one attached hydrogen (secondary N) is 1. The number of carbonyl (C=O) groups is 3. The molecule has 0 saturated carbocycles. The molecule has 34 heavy (non-hydrogen) atoms. The van der Waals surface area contributed by atoms with Crippen molar-refractivity contribution >= 4 is 18.0 Å². The SMILES string of the molecule is O=C(O)CC(NC(=O)OCC1c2ccccc2-c2ccccc21)C(=O)N1CCn2cnnc2C1. The average Bonchev–Trinajstić information content (AvgIpc) is 3.43. The first-order chi connectivity index (χ1) is 16.5. The maximum atomic E-state index is 13.0. The zero-order valence-electron chi connectivity index (χ0n) is 18.3. The first-order valence-corrected chi connectivity index (χ1v) is 11.0. The van der Waals surface area contributed by atoms with E-state index >= 15 is 0 Å². The van der Waals surface area contributed by atoms with E-state index in [1.165, 1.54) is 4.90 Å². The van der Waals surface area contributed by atoms with Gasteiger partial charge in [0.25, 0.3) is 0 Å². The van der Waals surface area contributed by atoms with E-state index in [1.54, 1.807) is 6.33 Å². The lowest BCUT2D eigenvalue weighted by Gasteiger charge is -2.30.